The monoisotopic (exact) mass is 356 g/mol. The third-order valence-electron chi connectivity index (χ3n) is 5.24. The van der Waals surface area contributed by atoms with E-state index in [0.29, 0.717) is 11.1 Å². The van der Waals surface area contributed by atoms with E-state index in [2.05, 4.69) is 73.8 Å². The molecule has 3 heteroatoms. The summed E-state index contributed by atoms with van der Waals surface area (Å²) in [6.45, 7) is 4.83. The molecule has 23 heavy (non-hydrogen) atoms. The second kappa shape index (κ2) is 5.37. The fourth-order valence-corrected chi connectivity index (χ4v) is 10.5. The fourth-order valence-electron chi connectivity index (χ4n) is 4.25. The molecule has 0 bridgehead atoms. The molecule has 2 aromatic rings. The summed E-state index contributed by atoms with van der Waals surface area (Å²) in [6.07, 6.45) is 4.27. The maximum absolute atomic E-state index is 6.71. The number of hydrogen-bond donors (Lipinski definition) is 0. The Morgan fingerprint density at radius 3 is 1.52 bits per heavy atom. The van der Waals surface area contributed by atoms with E-state index in [0.717, 1.165) is 10.1 Å². The highest BCUT2D eigenvalue weighted by Crippen LogP contribution is 2.53. The molecule has 2 unspecified atom stereocenters. The van der Waals surface area contributed by atoms with E-state index in [-0.39, 0.29) is 0 Å². The molecule has 2 aromatic carbocycles. The standard InChI is InChI=1S/C20H18Cl2Si/c1-23(2,19-15-9-5-3-7-13(15)11-17(19)21)20-16-10-6-4-8-14(16)12-18(20)22/h3-12,19-20H,1-2H3. The van der Waals surface area contributed by atoms with Gasteiger partial charge in [0, 0.05) is 21.1 Å². The summed E-state index contributed by atoms with van der Waals surface area (Å²) >= 11 is 13.4. The molecule has 0 N–H and O–H groups in total. The molecule has 0 heterocycles. The van der Waals surface area contributed by atoms with Crippen LogP contribution < -0.4 is 0 Å². The van der Waals surface area contributed by atoms with Gasteiger partial charge in [-0.2, -0.15) is 0 Å². The molecule has 0 fully saturated rings. The van der Waals surface area contributed by atoms with Crippen LogP contribution in [-0.4, -0.2) is 8.07 Å². The molecular weight excluding hydrogens is 339 g/mol. The predicted molar refractivity (Wildman–Crippen MR) is 104 cm³/mol. The van der Waals surface area contributed by atoms with Gasteiger partial charge in [0.05, 0.1) is 8.07 Å². The Bertz CT molecular complexity index is 779. The SMILES string of the molecule is C[Si](C)(C1C(Cl)=Cc2ccccc21)C1C(Cl)=Cc2ccccc21. The number of allylic oxidation sites excluding steroid dienone is 2. The Balaban J connectivity index is 1.84. The summed E-state index contributed by atoms with van der Waals surface area (Å²) in [5.74, 6) is 0. The molecular formula is C20H18Cl2Si. The van der Waals surface area contributed by atoms with Gasteiger partial charge in [-0.1, -0.05) is 84.8 Å². The summed E-state index contributed by atoms with van der Waals surface area (Å²) in [5, 5.41) is 1.94. The van der Waals surface area contributed by atoms with E-state index in [4.69, 9.17) is 23.2 Å². The first-order chi connectivity index (χ1) is 11.0. The Morgan fingerprint density at radius 1 is 0.696 bits per heavy atom. The molecule has 0 amide bonds. The topological polar surface area (TPSA) is 0 Å². The molecule has 116 valence electrons. The first-order valence-corrected chi connectivity index (χ1v) is 11.8. The highest BCUT2D eigenvalue weighted by Gasteiger charge is 2.47. The lowest BCUT2D eigenvalue weighted by molar-refractivity contribution is 1.03. The second-order valence-corrected chi connectivity index (χ2v) is 12.7. The number of benzene rings is 2. The van der Waals surface area contributed by atoms with E-state index < -0.39 is 8.07 Å². The summed E-state index contributed by atoms with van der Waals surface area (Å²) in [4.78, 5) is 0. The van der Waals surface area contributed by atoms with Crippen molar-refractivity contribution in [1.29, 1.82) is 0 Å². The van der Waals surface area contributed by atoms with E-state index in [1.54, 1.807) is 0 Å². The highest BCUT2D eigenvalue weighted by atomic mass is 35.5. The maximum Gasteiger partial charge on any atom is 0.0753 e. The number of halogens is 2. The normalized spacial score (nSPS) is 22.4. The first-order valence-electron chi connectivity index (χ1n) is 7.92. The molecule has 0 radical (unpaired) electrons. The molecule has 2 aliphatic rings. The zero-order valence-corrected chi connectivity index (χ0v) is 15.7. The molecule has 0 spiro atoms. The highest BCUT2D eigenvalue weighted by molar-refractivity contribution is 6.83. The van der Waals surface area contributed by atoms with Crippen molar-refractivity contribution in [2.24, 2.45) is 0 Å². The minimum absolute atomic E-state index is 0.304. The molecule has 0 aromatic heterocycles. The smallest absolute Gasteiger partial charge is 0.0753 e. The lowest BCUT2D eigenvalue weighted by Gasteiger charge is -2.37. The second-order valence-electron chi connectivity index (χ2n) is 7.00. The van der Waals surface area contributed by atoms with Gasteiger partial charge >= 0.3 is 0 Å². The van der Waals surface area contributed by atoms with Crippen molar-refractivity contribution in [2.75, 3.05) is 0 Å². The summed E-state index contributed by atoms with van der Waals surface area (Å²) in [6, 6.07) is 17.1. The van der Waals surface area contributed by atoms with E-state index >= 15 is 0 Å². The van der Waals surface area contributed by atoms with Crippen molar-refractivity contribution in [3.8, 4) is 0 Å². The van der Waals surface area contributed by atoms with Crippen LogP contribution in [0.15, 0.2) is 58.6 Å². The Hall–Kier alpha value is -1.28. The van der Waals surface area contributed by atoms with Crippen LogP contribution in [0.1, 0.15) is 33.3 Å². The van der Waals surface area contributed by atoms with Gasteiger partial charge in [0.25, 0.3) is 0 Å². The number of fused-ring (bicyclic) bond motifs is 2. The zero-order chi connectivity index (χ0) is 16.2. The number of hydrogen-bond acceptors (Lipinski definition) is 0. The van der Waals surface area contributed by atoms with Gasteiger partial charge in [-0.3, -0.25) is 0 Å². The molecule has 0 saturated carbocycles. The molecule has 0 nitrogen and oxygen atoms in total. The molecule has 0 aliphatic heterocycles. The Labute approximate surface area is 148 Å². The van der Waals surface area contributed by atoms with Gasteiger partial charge in [-0.05, 0) is 34.4 Å². The lowest BCUT2D eigenvalue weighted by Crippen LogP contribution is -2.41. The molecule has 0 saturated heterocycles. The van der Waals surface area contributed by atoms with Crippen LogP contribution in [0, 0.1) is 0 Å². The Morgan fingerprint density at radius 2 is 1.09 bits per heavy atom. The minimum Gasteiger partial charge on any atom is -0.0888 e. The van der Waals surface area contributed by atoms with Crippen molar-refractivity contribution in [3.63, 3.8) is 0 Å². The summed E-state index contributed by atoms with van der Waals surface area (Å²) in [5.41, 5.74) is 5.85. The number of rotatable bonds is 2. The van der Waals surface area contributed by atoms with Crippen molar-refractivity contribution in [3.05, 3.63) is 80.8 Å². The third kappa shape index (κ3) is 2.26. The minimum atomic E-state index is -1.87. The van der Waals surface area contributed by atoms with Gasteiger partial charge in [0.2, 0.25) is 0 Å². The average Bonchev–Trinajstić information content (AvgIpc) is 3.02. The molecule has 2 atom stereocenters. The van der Waals surface area contributed by atoms with Crippen LogP contribution in [0.4, 0.5) is 0 Å². The molecule has 4 rings (SSSR count). The van der Waals surface area contributed by atoms with Crippen LogP contribution >= 0.6 is 23.2 Å². The quantitative estimate of drug-likeness (QED) is 0.536. The van der Waals surface area contributed by atoms with Crippen LogP contribution in [0.5, 0.6) is 0 Å². The first kappa shape index (κ1) is 15.3. The van der Waals surface area contributed by atoms with Crippen molar-refractivity contribution >= 4 is 43.4 Å². The van der Waals surface area contributed by atoms with E-state index in [1.165, 1.54) is 22.3 Å². The summed E-state index contributed by atoms with van der Waals surface area (Å²) < 4.78 is 0. The average molecular weight is 357 g/mol. The van der Waals surface area contributed by atoms with Crippen LogP contribution in [0.25, 0.3) is 12.2 Å². The van der Waals surface area contributed by atoms with E-state index in [1.807, 2.05) is 0 Å². The van der Waals surface area contributed by atoms with Crippen molar-refractivity contribution < 1.29 is 0 Å². The van der Waals surface area contributed by atoms with Crippen molar-refractivity contribution in [1.82, 2.24) is 0 Å². The van der Waals surface area contributed by atoms with Crippen LogP contribution in [0.2, 0.25) is 13.1 Å². The fraction of sp³-hybridized carbons (Fsp3) is 0.200. The van der Waals surface area contributed by atoms with E-state index in [9.17, 15) is 0 Å². The lowest BCUT2D eigenvalue weighted by atomic mass is 10.1. The van der Waals surface area contributed by atoms with Gasteiger partial charge < -0.3 is 0 Å². The van der Waals surface area contributed by atoms with Crippen LogP contribution in [0.3, 0.4) is 0 Å². The van der Waals surface area contributed by atoms with Crippen LogP contribution in [-0.2, 0) is 0 Å². The summed E-state index contributed by atoms with van der Waals surface area (Å²) in [7, 11) is -1.87. The third-order valence-corrected chi connectivity index (χ3v) is 10.5. The van der Waals surface area contributed by atoms with Gasteiger partial charge in [0.15, 0.2) is 0 Å². The largest absolute Gasteiger partial charge is 0.0888 e. The Kier molecular flexibility index (Phi) is 3.56. The molecule has 2 aliphatic carbocycles. The maximum atomic E-state index is 6.71. The predicted octanol–water partition coefficient (Wildman–Crippen LogP) is 6.53. The van der Waals surface area contributed by atoms with Gasteiger partial charge in [0.1, 0.15) is 0 Å². The van der Waals surface area contributed by atoms with Crippen molar-refractivity contribution in [2.45, 2.75) is 24.2 Å². The zero-order valence-electron chi connectivity index (χ0n) is 13.2. The van der Waals surface area contributed by atoms with Gasteiger partial charge in [-0.25, -0.2) is 0 Å². The van der Waals surface area contributed by atoms with Gasteiger partial charge in [-0.15, -0.1) is 0 Å².